The van der Waals surface area contributed by atoms with Gasteiger partial charge in [0, 0.05) is 67.8 Å². The van der Waals surface area contributed by atoms with E-state index in [0.29, 0.717) is 11.5 Å². The van der Waals surface area contributed by atoms with Crippen molar-refractivity contribution in [3.05, 3.63) is 66.5 Å². The topological polar surface area (TPSA) is 63.9 Å². The summed E-state index contributed by atoms with van der Waals surface area (Å²) in [4.78, 5) is 26.9. The van der Waals surface area contributed by atoms with Crippen LogP contribution in [-0.2, 0) is 6.54 Å². The molecule has 0 atom stereocenters. The van der Waals surface area contributed by atoms with E-state index in [9.17, 15) is 4.79 Å². The summed E-state index contributed by atoms with van der Waals surface area (Å²) in [5.74, 6) is 1.45. The molecule has 1 amide bonds. The number of carbonyl (C=O) groups excluding carboxylic acids is 1. The number of nitrogens with zero attached hydrogens (tertiary/aromatic N) is 5. The Kier molecular flexibility index (Phi) is 4.01. The number of hydrogen-bond acceptors (Lipinski definition) is 4. The molecule has 0 N–H and O–H groups in total. The van der Waals surface area contributed by atoms with E-state index in [1.54, 1.807) is 30.9 Å². The number of pyridine rings is 2. The van der Waals surface area contributed by atoms with Crippen LogP contribution in [0.4, 0.5) is 0 Å². The van der Waals surface area contributed by atoms with E-state index in [-0.39, 0.29) is 5.91 Å². The summed E-state index contributed by atoms with van der Waals surface area (Å²) in [5.41, 5.74) is 2.84. The van der Waals surface area contributed by atoms with Crippen molar-refractivity contribution >= 4 is 5.91 Å². The molecule has 3 aromatic rings. The number of likely N-dealkylation sites (tertiary alicyclic amines) is 1. The predicted octanol–water partition coefficient (Wildman–Crippen LogP) is 2.42. The van der Waals surface area contributed by atoms with Crippen LogP contribution in [0.1, 0.15) is 16.1 Å². The van der Waals surface area contributed by atoms with Crippen molar-refractivity contribution in [1.29, 1.82) is 0 Å². The van der Waals surface area contributed by atoms with E-state index in [1.807, 2.05) is 29.3 Å². The number of aryl methyl sites for hydroxylation is 1. The second kappa shape index (κ2) is 6.47. The third kappa shape index (κ3) is 3.03. The third-order valence-electron chi connectivity index (χ3n) is 4.59. The molecule has 126 valence electrons. The summed E-state index contributed by atoms with van der Waals surface area (Å²) in [5, 5.41) is 0. The SMILES string of the molecule is Cc1cnc(-c2ccncc2)n1CC1CN(C(=O)c2cccnc2)C1. The van der Waals surface area contributed by atoms with Crippen LogP contribution in [0.2, 0.25) is 0 Å². The van der Waals surface area contributed by atoms with Crippen molar-refractivity contribution in [3.8, 4) is 11.4 Å². The molecule has 0 saturated carbocycles. The monoisotopic (exact) mass is 333 g/mol. The van der Waals surface area contributed by atoms with Gasteiger partial charge in [-0.05, 0) is 31.2 Å². The van der Waals surface area contributed by atoms with Gasteiger partial charge in [0.2, 0.25) is 0 Å². The van der Waals surface area contributed by atoms with Crippen molar-refractivity contribution in [2.75, 3.05) is 13.1 Å². The minimum absolute atomic E-state index is 0.0565. The van der Waals surface area contributed by atoms with Gasteiger partial charge in [0.15, 0.2) is 0 Å². The van der Waals surface area contributed by atoms with E-state index in [4.69, 9.17) is 0 Å². The first-order valence-corrected chi connectivity index (χ1v) is 8.34. The minimum atomic E-state index is 0.0565. The summed E-state index contributed by atoms with van der Waals surface area (Å²) >= 11 is 0. The number of carbonyl (C=O) groups is 1. The Morgan fingerprint density at radius 1 is 1.12 bits per heavy atom. The Morgan fingerprint density at radius 2 is 1.92 bits per heavy atom. The van der Waals surface area contributed by atoms with Crippen LogP contribution >= 0.6 is 0 Å². The predicted molar refractivity (Wildman–Crippen MR) is 93.8 cm³/mol. The van der Waals surface area contributed by atoms with Gasteiger partial charge in [0.25, 0.3) is 5.91 Å². The quantitative estimate of drug-likeness (QED) is 0.735. The lowest BCUT2D eigenvalue weighted by atomic mass is 9.98. The zero-order chi connectivity index (χ0) is 17.2. The molecule has 6 nitrogen and oxygen atoms in total. The molecule has 0 radical (unpaired) electrons. The van der Waals surface area contributed by atoms with E-state index in [0.717, 1.165) is 36.7 Å². The van der Waals surface area contributed by atoms with Crippen molar-refractivity contribution in [3.63, 3.8) is 0 Å². The van der Waals surface area contributed by atoms with Crippen LogP contribution in [0.25, 0.3) is 11.4 Å². The lowest BCUT2D eigenvalue weighted by Gasteiger charge is -2.39. The fourth-order valence-electron chi connectivity index (χ4n) is 3.20. The molecule has 3 aromatic heterocycles. The Hall–Kier alpha value is -3.02. The van der Waals surface area contributed by atoms with Crippen molar-refractivity contribution in [2.24, 2.45) is 5.92 Å². The van der Waals surface area contributed by atoms with Crippen molar-refractivity contribution < 1.29 is 4.79 Å². The summed E-state index contributed by atoms with van der Waals surface area (Å²) in [6, 6.07) is 7.54. The van der Waals surface area contributed by atoms with Gasteiger partial charge in [-0.1, -0.05) is 0 Å². The summed E-state index contributed by atoms with van der Waals surface area (Å²) in [6.45, 7) is 4.46. The summed E-state index contributed by atoms with van der Waals surface area (Å²) in [7, 11) is 0. The molecule has 25 heavy (non-hydrogen) atoms. The second-order valence-corrected chi connectivity index (χ2v) is 6.39. The van der Waals surface area contributed by atoms with Crippen LogP contribution in [0.5, 0.6) is 0 Å². The Balaban J connectivity index is 1.44. The molecule has 1 fully saturated rings. The highest BCUT2D eigenvalue weighted by Crippen LogP contribution is 2.25. The lowest BCUT2D eigenvalue weighted by Crippen LogP contribution is -2.51. The fraction of sp³-hybridized carbons (Fsp3) is 0.263. The molecular weight excluding hydrogens is 314 g/mol. The zero-order valence-electron chi connectivity index (χ0n) is 14.0. The van der Waals surface area contributed by atoms with Crippen LogP contribution in [0, 0.1) is 12.8 Å². The average Bonchev–Trinajstić information content (AvgIpc) is 2.99. The number of hydrogen-bond donors (Lipinski definition) is 0. The number of imidazole rings is 1. The normalized spacial score (nSPS) is 14.4. The third-order valence-corrected chi connectivity index (χ3v) is 4.59. The summed E-state index contributed by atoms with van der Waals surface area (Å²) in [6.07, 6.45) is 8.75. The van der Waals surface area contributed by atoms with E-state index < -0.39 is 0 Å². The van der Waals surface area contributed by atoms with Crippen LogP contribution < -0.4 is 0 Å². The Labute approximate surface area is 146 Å². The maximum atomic E-state index is 12.4. The maximum Gasteiger partial charge on any atom is 0.255 e. The second-order valence-electron chi connectivity index (χ2n) is 6.39. The average molecular weight is 333 g/mol. The molecule has 1 aliphatic rings. The molecule has 0 unspecified atom stereocenters. The fourth-order valence-corrected chi connectivity index (χ4v) is 3.20. The van der Waals surface area contributed by atoms with E-state index in [1.165, 1.54) is 0 Å². The number of amides is 1. The lowest BCUT2D eigenvalue weighted by molar-refractivity contribution is 0.0468. The van der Waals surface area contributed by atoms with Gasteiger partial charge in [-0.2, -0.15) is 0 Å². The van der Waals surface area contributed by atoms with E-state index in [2.05, 4.69) is 26.4 Å². The molecule has 1 aliphatic heterocycles. The highest BCUT2D eigenvalue weighted by Gasteiger charge is 2.32. The molecule has 0 bridgehead atoms. The first-order chi connectivity index (χ1) is 12.2. The first-order valence-electron chi connectivity index (χ1n) is 8.34. The first kappa shape index (κ1) is 15.5. The smallest absolute Gasteiger partial charge is 0.255 e. The maximum absolute atomic E-state index is 12.4. The minimum Gasteiger partial charge on any atom is -0.338 e. The standard InChI is InChI=1S/C19H19N5O/c1-14-9-22-18(16-4-7-20-8-5-16)24(14)13-15-11-23(12-15)19(25)17-3-2-6-21-10-17/h2-10,15H,11-13H2,1H3. The summed E-state index contributed by atoms with van der Waals surface area (Å²) < 4.78 is 2.23. The van der Waals surface area contributed by atoms with Crippen LogP contribution in [0.15, 0.2) is 55.2 Å². The molecule has 4 rings (SSSR count). The van der Waals surface area contributed by atoms with E-state index >= 15 is 0 Å². The molecule has 6 heteroatoms. The molecule has 1 saturated heterocycles. The molecular formula is C19H19N5O. The van der Waals surface area contributed by atoms with Gasteiger partial charge in [-0.25, -0.2) is 4.98 Å². The molecule has 4 heterocycles. The van der Waals surface area contributed by atoms with Gasteiger partial charge in [-0.3, -0.25) is 14.8 Å². The van der Waals surface area contributed by atoms with Crippen molar-refractivity contribution in [2.45, 2.75) is 13.5 Å². The molecule has 0 spiro atoms. The van der Waals surface area contributed by atoms with Gasteiger partial charge in [0.1, 0.15) is 5.82 Å². The van der Waals surface area contributed by atoms with Crippen molar-refractivity contribution in [1.82, 2.24) is 24.4 Å². The van der Waals surface area contributed by atoms with Crippen LogP contribution in [0.3, 0.4) is 0 Å². The highest BCUT2D eigenvalue weighted by molar-refractivity contribution is 5.94. The van der Waals surface area contributed by atoms with Gasteiger partial charge < -0.3 is 9.47 Å². The Morgan fingerprint density at radius 3 is 2.64 bits per heavy atom. The Bertz CT molecular complexity index is 869. The zero-order valence-corrected chi connectivity index (χ0v) is 14.0. The van der Waals surface area contributed by atoms with Gasteiger partial charge in [-0.15, -0.1) is 0 Å². The van der Waals surface area contributed by atoms with Crippen LogP contribution in [-0.4, -0.2) is 43.4 Å². The highest BCUT2D eigenvalue weighted by atomic mass is 16.2. The largest absolute Gasteiger partial charge is 0.338 e. The number of rotatable bonds is 4. The molecule has 0 aliphatic carbocycles. The molecule has 0 aromatic carbocycles. The number of aromatic nitrogens is 4. The van der Waals surface area contributed by atoms with Gasteiger partial charge >= 0.3 is 0 Å². The van der Waals surface area contributed by atoms with Gasteiger partial charge in [0.05, 0.1) is 5.56 Å².